The third-order valence-corrected chi connectivity index (χ3v) is 7.10. The van der Waals surface area contributed by atoms with Gasteiger partial charge in [-0.2, -0.15) is 0 Å². The Kier molecular flexibility index (Phi) is 6.43. The van der Waals surface area contributed by atoms with E-state index in [1.807, 2.05) is 40.6 Å². The van der Waals surface area contributed by atoms with Crippen LogP contribution >= 0.6 is 0 Å². The summed E-state index contributed by atoms with van der Waals surface area (Å²) in [6.07, 6.45) is 3.98. The van der Waals surface area contributed by atoms with Crippen LogP contribution in [0, 0.1) is 0 Å². The highest BCUT2D eigenvalue weighted by atomic mass is 16.2. The summed E-state index contributed by atoms with van der Waals surface area (Å²) in [6.45, 7) is 9.35. The zero-order valence-corrected chi connectivity index (χ0v) is 18.8. The van der Waals surface area contributed by atoms with Crippen molar-refractivity contribution in [2.45, 2.75) is 64.6 Å². The molecule has 10 nitrogen and oxygen atoms in total. The van der Waals surface area contributed by atoms with Crippen LogP contribution in [0.3, 0.4) is 0 Å². The lowest BCUT2D eigenvalue weighted by molar-refractivity contribution is -0.179. The van der Waals surface area contributed by atoms with Crippen molar-refractivity contribution in [3.05, 3.63) is 0 Å². The number of hydrogen-bond donors (Lipinski definition) is 0. The van der Waals surface area contributed by atoms with Gasteiger partial charge in [-0.15, -0.1) is 0 Å². The fraction of sp³-hybridized carbons (Fsp3) is 0.810. The predicted octanol–water partition coefficient (Wildman–Crippen LogP) is -0.485. The van der Waals surface area contributed by atoms with Crippen molar-refractivity contribution in [2.24, 2.45) is 0 Å². The third-order valence-electron chi connectivity index (χ3n) is 7.10. The average Bonchev–Trinajstić information content (AvgIpc) is 3.43. The predicted molar refractivity (Wildman–Crippen MR) is 112 cm³/mol. The van der Waals surface area contributed by atoms with Crippen LogP contribution in [0.2, 0.25) is 0 Å². The molecule has 0 aromatic heterocycles. The standard InChI is InChI=1S/C21H34N6O4/c1-15(25-14-19(29)27(21(31)17(25)3)24-10-6-7-11-24)12-22-13-18(28)26(20(30)16(22)2)23-8-4-5-9-23/h15-17H,4-14H2,1-3H3. The molecular formula is C21H34N6O4. The second kappa shape index (κ2) is 8.93. The SMILES string of the molecule is CC1C(=O)N(N2CCCC2)C(=O)CN1CC(C)N1CC(=O)N(N2CCCC2)C(=O)C1C. The van der Waals surface area contributed by atoms with E-state index in [-0.39, 0.29) is 42.8 Å². The van der Waals surface area contributed by atoms with Gasteiger partial charge in [0.25, 0.3) is 23.6 Å². The van der Waals surface area contributed by atoms with Gasteiger partial charge in [0.05, 0.1) is 25.2 Å². The highest BCUT2D eigenvalue weighted by Crippen LogP contribution is 2.23. The second-order valence-electron chi connectivity index (χ2n) is 9.21. The fourth-order valence-corrected chi connectivity index (χ4v) is 5.24. The number of carbonyl (C=O) groups excluding carboxylic acids is 4. The maximum Gasteiger partial charge on any atom is 0.261 e. The molecule has 0 radical (unpaired) electrons. The molecule has 0 aromatic rings. The molecule has 0 aliphatic carbocycles. The van der Waals surface area contributed by atoms with Crippen LogP contribution < -0.4 is 0 Å². The summed E-state index contributed by atoms with van der Waals surface area (Å²) >= 11 is 0. The Balaban J connectivity index is 1.40. The Hall–Kier alpha value is -1.88. The van der Waals surface area contributed by atoms with E-state index < -0.39 is 12.1 Å². The normalized spacial score (nSPS) is 31.3. The van der Waals surface area contributed by atoms with Crippen molar-refractivity contribution in [1.82, 2.24) is 29.8 Å². The summed E-state index contributed by atoms with van der Waals surface area (Å²) in [4.78, 5) is 55.2. The maximum absolute atomic E-state index is 13.0. The number of nitrogens with zero attached hydrogens (tertiary/aromatic N) is 6. The van der Waals surface area contributed by atoms with Crippen molar-refractivity contribution in [3.8, 4) is 0 Å². The molecule has 4 aliphatic rings. The fourth-order valence-electron chi connectivity index (χ4n) is 5.24. The Morgan fingerprint density at radius 2 is 1.19 bits per heavy atom. The molecule has 0 aromatic carbocycles. The zero-order valence-electron chi connectivity index (χ0n) is 18.8. The first-order valence-corrected chi connectivity index (χ1v) is 11.5. The van der Waals surface area contributed by atoms with Crippen LogP contribution in [0.5, 0.6) is 0 Å². The van der Waals surface area contributed by atoms with Gasteiger partial charge < -0.3 is 0 Å². The molecule has 4 rings (SSSR count). The monoisotopic (exact) mass is 434 g/mol. The molecule has 0 bridgehead atoms. The number of amides is 4. The van der Waals surface area contributed by atoms with Gasteiger partial charge in [0.2, 0.25) is 0 Å². The molecule has 0 N–H and O–H groups in total. The summed E-state index contributed by atoms with van der Waals surface area (Å²) in [6, 6.07) is -1.00. The van der Waals surface area contributed by atoms with Crippen LogP contribution in [0.25, 0.3) is 0 Å². The summed E-state index contributed by atoms with van der Waals surface area (Å²) in [5, 5.41) is 6.40. The van der Waals surface area contributed by atoms with Crippen LogP contribution in [0.4, 0.5) is 0 Å². The van der Waals surface area contributed by atoms with Crippen LogP contribution in [-0.2, 0) is 19.2 Å². The first-order chi connectivity index (χ1) is 14.8. The van der Waals surface area contributed by atoms with Gasteiger partial charge in [-0.05, 0) is 46.5 Å². The van der Waals surface area contributed by atoms with Crippen molar-refractivity contribution < 1.29 is 19.2 Å². The number of piperazine rings is 2. The molecule has 0 spiro atoms. The summed E-state index contributed by atoms with van der Waals surface area (Å²) < 4.78 is 0. The van der Waals surface area contributed by atoms with Crippen molar-refractivity contribution in [1.29, 1.82) is 0 Å². The second-order valence-corrected chi connectivity index (χ2v) is 9.21. The van der Waals surface area contributed by atoms with Gasteiger partial charge in [-0.25, -0.2) is 20.0 Å². The highest BCUT2D eigenvalue weighted by molar-refractivity contribution is 6.01. The minimum atomic E-state index is -0.430. The van der Waals surface area contributed by atoms with Crippen molar-refractivity contribution >= 4 is 23.6 Å². The molecule has 4 saturated heterocycles. The van der Waals surface area contributed by atoms with Crippen LogP contribution in [0.1, 0.15) is 46.5 Å². The summed E-state index contributed by atoms with van der Waals surface area (Å²) in [7, 11) is 0. The van der Waals surface area contributed by atoms with E-state index in [9.17, 15) is 19.2 Å². The number of rotatable bonds is 5. The topological polar surface area (TPSA) is 87.7 Å². The van der Waals surface area contributed by atoms with Gasteiger partial charge in [-0.3, -0.25) is 29.0 Å². The van der Waals surface area contributed by atoms with E-state index in [1.54, 1.807) is 0 Å². The van der Waals surface area contributed by atoms with Crippen molar-refractivity contribution in [2.75, 3.05) is 45.8 Å². The molecule has 31 heavy (non-hydrogen) atoms. The highest BCUT2D eigenvalue weighted by Gasteiger charge is 2.45. The van der Waals surface area contributed by atoms with Gasteiger partial charge in [0.15, 0.2) is 0 Å². The Bertz CT molecular complexity index is 748. The number of carbonyl (C=O) groups is 4. The van der Waals surface area contributed by atoms with Gasteiger partial charge in [0.1, 0.15) is 0 Å². The quantitative estimate of drug-likeness (QED) is 0.536. The minimum Gasteiger partial charge on any atom is -0.281 e. The molecule has 0 saturated carbocycles. The number of hydrazine groups is 2. The number of imide groups is 2. The lowest BCUT2D eigenvalue weighted by atomic mass is 10.1. The van der Waals surface area contributed by atoms with Crippen LogP contribution in [0.15, 0.2) is 0 Å². The summed E-state index contributed by atoms with van der Waals surface area (Å²) in [5.41, 5.74) is 0. The van der Waals surface area contributed by atoms with E-state index in [2.05, 4.69) is 0 Å². The van der Waals surface area contributed by atoms with E-state index >= 15 is 0 Å². The van der Waals surface area contributed by atoms with Gasteiger partial charge >= 0.3 is 0 Å². The first kappa shape index (κ1) is 22.3. The van der Waals surface area contributed by atoms with E-state index in [0.717, 1.165) is 51.9 Å². The molecule has 4 heterocycles. The van der Waals surface area contributed by atoms with Gasteiger partial charge in [-0.1, -0.05) is 0 Å². The Morgan fingerprint density at radius 1 is 0.742 bits per heavy atom. The minimum absolute atomic E-state index is 0.148. The van der Waals surface area contributed by atoms with Crippen LogP contribution in [-0.4, -0.2) is 117 Å². The molecule has 3 unspecified atom stereocenters. The van der Waals surface area contributed by atoms with E-state index in [0.29, 0.717) is 6.54 Å². The Morgan fingerprint density at radius 3 is 1.71 bits per heavy atom. The van der Waals surface area contributed by atoms with Crippen molar-refractivity contribution in [3.63, 3.8) is 0 Å². The first-order valence-electron chi connectivity index (χ1n) is 11.5. The average molecular weight is 435 g/mol. The lowest BCUT2D eigenvalue weighted by Crippen LogP contribution is -2.67. The third kappa shape index (κ3) is 4.13. The summed E-state index contributed by atoms with van der Waals surface area (Å²) in [5.74, 6) is -0.777. The molecule has 4 fully saturated rings. The lowest BCUT2D eigenvalue weighted by Gasteiger charge is -2.46. The Labute approximate surface area is 183 Å². The molecule has 10 heteroatoms. The molecular weight excluding hydrogens is 400 g/mol. The molecule has 3 atom stereocenters. The molecule has 4 aliphatic heterocycles. The smallest absolute Gasteiger partial charge is 0.261 e. The molecule has 172 valence electrons. The van der Waals surface area contributed by atoms with E-state index in [1.165, 1.54) is 10.0 Å². The maximum atomic E-state index is 13.0. The number of hydrogen-bond acceptors (Lipinski definition) is 8. The molecule has 4 amide bonds. The zero-order chi connectivity index (χ0) is 22.3. The van der Waals surface area contributed by atoms with Gasteiger partial charge in [0, 0.05) is 38.8 Å². The largest absolute Gasteiger partial charge is 0.281 e. The van der Waals surface area contributed by atoms with E-state index in [4.69, 9.17) is 0 Å².